The standard InChI is InChI=1S/C16H25N3O3/c1-4-5-9-18(3)15(20)12-19(10-7-16(21)22)14-11-13(2)6-8-17-14/h6,8,11H,4-5,7,9-10,12H2,1-3H3,(H,21,22). The predicted molar refractivity (Wildman–Crippen MR) is 86.0 cm³/mol. The third-order valence-electron chi connectivity index (χ3n) is 3.42. The fourth-order valence-corrected chi connectivity index (χ4v) is 2.00. The molecule has 0 saturated carbocycles. The number of carboxylic acids is 1. The van der Waals surface area contributed by atoms with Crippen LogP contribution in [0.3, 0.4) is 0 Å². The highest BCUT2D eigenvalue weighted by Gasteiger charge is 2.17. The number of amides is 1. The van der Waals surface area contributed by atoms with Gasteiger partial charge >= 0.3 is 5.97 Å². The van der Waals surface area contributed by atoms with Crippen molar-refractivity contribution >= 4 is 17.7 Å². The molecule has 0 saturated heterocycles. The highest BCUT2D eigenvalue weighted by molar-refractivity contribution is 5.81. The van der Waals surface area contributed by atoms with Crippen LogP contribution in [0.4, 0.5) is 5.82 Å². The van der Waals surface area contributed by atoms with Gasteiger partial charge in [0.15, 0.2) is 0 Å². The van der Waals surface area contributed by atoms with Crippen molar-refractivity contribution in [2.75, 3.05) is 31.6 Å². The molecule has 6 nitrogen and oxygen atoms in total. The molecule has 0 aliphatic rings. The summed E-state index contributed by atoms with van der Waals surface area (Å²) in [6, 6.07) is 3.73. The fraction of sp³-hybridized carbons (Fsp3) is 0.562. The van der Waals surface area contributed by atoms with E-state index >= 15 is 0 Å². The third-order valence-corrected chi connectivity index (χ3v) is 3.42. The number of carbonyl (C=O) groups excluding carboxylic acids is 1. The Hall–Kier alpha value is -2.11. The molecule has 1 heterocycles. The molecule has 6 heteroatoms. The van der Waals surface area contributed by atoms with Crippen molar-refractivity contribution < 1.29 is 14.7 Å². The predicted octanol–water partition coefficient (Wildman–Crippen LogP) is 1.93. The summed E-state index contributed by atoms with van der Waals surface area (Å²) in [5.74, 6) is -0.273. The van der Waals surface area contributed by atoms with E-state index in [0.717, 1.165) is 18.4 Å². The number of carbonyl (C=O) groups is 2. The summed E-state index contributed by atoms with van der Waals surface area (Å²) in [5, 5.41) is 8.88. The lowest BCUT2D eigenvalue weighted by molar-refractivity contribution is -0.137. The van der Waals surface area contributed by atoms with Crippen molar-refractivity contribution in [2.24, 2.45) is 0 Å². The summed E-state index contributed by atoms with van der Waals surface area (Å²) in [7, 11) is 1.77. The van der Waals surface area contributed by atoms with Crippen molar-refractivity contribution in [1.29, 1.82) is 0 Å². The maximum Gasteiger partial charge on any atom is 0.305 e. The van der Waals surface area contributed by atoms with E-state index < -0.39 is 5.97 Å². The Bertz CT molecular complexity index is 505. The summed E-state index contributed by atoms with van der Waals surface area (Å²) in [5.41, 5.74) is 1.03. The van der Waals surface area contributed by atoms with Gasteiger partial charge < -0.3 is 14.9 Å². The average Bonchev–Trinajstić information content (AvgIpc) is 2.48. The number of likely N-dealkylation sites (N-methyl/N-ethyl adjacent to an activating group) is 1. The summed E-state index contributed by atoms with van der Waals surface area (Å²) in [6.45, 7) is 5.14. The lowest BCUT2D eigenvalue weighted by atomic mass is 10.2. The topological polar surface area (TPSA) is 73.7 Å². The minimum atomic E-state index is -0.885. The van der Waals surface area contributed by atoms with Crippen LogP contribution in [0.15, 0.2) is 18.3 Å². The highest BCUT2D eigenvalue weighted by Crippen LogP contribution is 2.13. The molecule has 0 aliphatic heterocycles. The van der Waals surface area contributed by atoms with Crippen LogP contribution in [0.2, 0.25) is 0 Å². The van der Waals surface area contributed by atoms with Gasteiger partial charge in [0.25, 0.3) is 0 Å². The summed E-state index contributed by atoms with van der Waals surface area (Å²) in [6.07, 6.45) is 3.63. The lowest BCUT2D eigenvalue weighted by Gasteiger charge is -2.26. The summed E-state index contributed by atoms with van der Waals surface area (Å²) in [4.78, 5) is 30.8. The van der Waals surface area contributed by atoms with Crippen molar-refractivity contribution in [3.05, 3.63) is 23.9 Å². The quantitative estimate of drug-likeness (QED) is 0.754. The number of unbranched alkanes of at least 4 members (excludes halogenated alkanes) is 1. The van der Waals surface area contributed by atoms with Crippen molar-refractivity contribution in [3.63, 3.8) is 0 Å². The zero-order chi connectivity index (χ0) is 16.5. The first kappa shape index (κ1) is 17.9. The molecule has 1 N–H and O–H groups in total. The number of carboxylic acid groups (broad SMARTS) is 1. The number of nitrogens with zero attached hydrogens (tertiary/aromatic N) is 3. The van der Waals surface area contributed by atoms with Gasteiger partial charge in [-0.1, -0.05) is 13.3 Å². The first-order valence-electron chi connectivity index (χ1n) is 7.57. The van der Waals surface area contributed by atoms with Gasteiger partial charge in [0.1, 0.15) is 5.82 Å². The molecule has 0 aromatic carbocycles. The fourth-order valence-electron chi connectivity index (χ4n) is 2.00. The Morgan fingerprint density at radius 3 is 2.64 bits per heavy atom. The van der Waals surface area contributed by atoms with Gasteiger partial charge in [0.05, 0.1) is 13.0 Å². The monoisotopic (exact) mass is 307 g/mol. The molecule has 22 heavy (non-hydrogen) atoms. The molecule has 1 aromatic rings. The van der Waals surface area contributed by atoms with Gasteiger partial charge in [-0.2, -0.15) is 0 Å². The molecular weight excluding hydrogens is 282 g/mol. The van der Waals surface area contributed by atoms with Crippen LogP contribution in [-0.4, -0.2) is 53.5 Å². The number of hydrogen-bond acceptors (Lipinski definition) is 4. The maximum atomic E-state index is 12.3. The largest absolute Gasteiger partial charge is 0.481 e. The molecule has 0 unspecified atom stereocenters. The van der Waals surface area contributed by atoms with Crippen LogP contribution >= 0.6 is 0 Å². The average molecular weight is 307 g/mol. The molecule has 1 amide bonds. The normalized spacial score (nSPS) is 10.3. The Kier molecular flexibility index (Phi) is 7.36. The zero-order valence-corrected chi connectivity index (χ0v) is 13.6. The molecule has 0 aliphatic carbocycles. The number of anilines is 1. The van der Waals surface area contributed by atoms with E-state index in [-0.39, 0.29) is 25.4 Å². The molecule has 1 aromatic heterocycles. The Balaban J connectivity index is 2.77. The lowest BCUT2D eigenvalue weighted by Crippen LogP contribution is -2.40. The van der Waals surface area contributed by atoms with E-state index in [9.17, 15) is 9.59 Å². The Morgan fingerprint density at radius 1 is 1.32 bits per heavy atom. The van der Waals surface area contributed by atoms with E-state index in [0.29, 0.717) is 12.4 Å². The minimum Gasteiger partial charge on any atom is -0.481 e. The second kappa shape index (κ2) is 9.02. The highest BCUT2D eigenvalue weighted by atomic mass is 16.4. The molecule has 122 valence electrons. The number of aryl methyl sites for hydroxylation is 1. The number of pyridine rings is 1. The molecule has 0 fully saturated rings. The second-order valence-corrected chi connectivity index (χ2v) is 5.43. The van der Waals surface area contributed by atoms with E-state index in [2.05, 4.69) is 11.9 Å². The van der Waals surface area contributed by atoms with Crippen molar-refractivity contribution in [3.8, 4) is 0 Å². The van der Waals surface area contributed by atoms with Crippen molar-refractivity contribution in [2.45, 2.75) is 33.1 Å². The first-order valence-corrected chi connectivity index (χ1v) is 7.57. The van der Waals surface area contributed by atoms with E-state index in [1.807, 2.05) is 19.1 Å². The van der Waals surface area contributed by atoms with Gasteiger partial charge in [-0.15, -0.1) is 0 Å². The van der Waals surface area contributed by atoms with E-state index in [1.165, 1.54) is 0 Å². The Labute approximate surface area is 131 Å². The molecule has 0 radical (unpaired) electrons. The number of hydrogen-bond donors (Lipinski definition) is 1. The third kappa shape index (κ3) is 6.11. The minimum absolute atomic E-state index is 0.0258. The first-order chi connectivity index (χ1) is 10.4. The van der Waals surface area contributed by atoms with E-state index in [4.69, 9.17) is 5.11 Å². The SMILES string of the molecule is CCCCN(C)C(=O)CN(CCC(=O)O)c1cc(C)ccn1. The van der Waals surface area contributed by atoms with Crippen LogP contribution in [0.1, 0.15) is 31.7 Å². The van der Waals surface area contributed by atoms with E-state index in [1.54, 1.807) is 23.0 Å². The molecule has 1 rings (SSSR count). The summed E-state index contributed by atoms with van der Waals surface area (Å²) < 4.78 is 0. The maximum absolute atomic E-state index is 12.3. The second-order valence-electron chi connectivity index (χ2n) is 5.43. The van der Waals surface area contributed by atoms with Crippen LogP contribution in [0.5, 0.6) is 0 Å². The zero-order valence-electron chi connectivity index (χ0n) is 13.6. The summed E-state index contributed by atoms with van der Waals surface area (Å²) >= 11 is 0. The van der Waals surface area contributed by atoms with Crippen LogP contribution in [0.25, 0.3) is 0 Å². The Morgan fingerprint density at radius 2 is 2.05 bits per heavy atom. The van der Waals surface area contributed by atoms with Crippen LogP contribution in [-0.2, 0) is 9.59 Å². The number of aromatic nitrogens is 1. The number of rotatable bonds is 9. The van der Waals surface area contributed by atoms with Gasteiger partial charge in [0.2, 0.25) is 5.91 Å². The van der Waals surface area contributed by atoms with Gasteiger partial charge in [-0.3, -0.25) is 9.59 Å². The molecule has 0 atom stereocenters. The van der Waals surface area contributed by atoms with Gasteiger partial charge in [0, 0.05) is 26.3 Å². The number of aliphatic carboxylic acids is 1. The molecule has 0 spiro atoms. The van der Waals surface area contributed by atoms with Crippen molar-refractivity contribution in [1.82, 2.24) is 9.88 Å². The molecular formula is C16H25N3O3. The van der Waals surface area contributed by atoms with Crippen LogP contribution < -0.4 is 4.90 Å². The van der Waals surface area contributed by atoms with Crippen LogP contribution in [0, 0.1) is 6.92 Å². The van der Waals surface area contributed by atoms with Gasteiger partial charge in [-0.05, 0) is 31.0 Å². The molecule has 0 bridgehead atoms. The van der Waals surface area contributed by atoms with Gasteiger partial charge in [-0.25, -0.2) is 4.98 Å². The smallest absolute Gasteiger partial charge is 0.305 e.